The van der Waals surface area contributed by atoms with Crippen molar-refractivity contribution >= 4 is 17.1 Å². The zero-order valence-corrected chi connectivity index (χ0v) is 8.47. The van der Waals surface area contributed by atoms with Crippen LogP contribution in [-0.4, -0.2) is 22.2 Å². The number of aryl methyl sites for hydroxylation is 1. The first-order valence-electron chi connectivity index (χ1n) is 4.52. The first-order valence-corrected chi connectivity index (χ1v) is 4.52. The maximum Gasteiger partial charge on any atom is 0.419 e. The zero-order chi connectivity index (χ0) is 11.7. The summed E-state index contributed by atoms with van der Waals surface area (Å²) in [5, 5.41) is 8.50. The van der Waals surface area contributed by atoms with Crippen molar-refractivity contribution < 1.29 is 19.1 Å². The Morgan fingerprint density at radius 3 is 3.00 bits per heavy atom. The maximum absolute atomic E-state index is 11.3. The highest BCUT2D eigenvalue weighted by Crippen LogP contribution is 2.23. The molecule has 0 bridgehead atoms. The minimum absolute atomic E-state index is 0.313. The Morgan fingerprint density at radius 2 is 2.31 bits per heavy atom. The molecule has 0 amide bonds. The summed E-state index contributed by atoms with van der Waals surface area (Å²) >= 11 is 0. The average Bonchev–Trinajstić information content (AvgIpc) is 2.52. The first kappa shape index (κ1) is 10.3. The molecule has 2 rings (SSSR count). The molecule has 0 unspecified atom stereocenters. The van der Waals surface area contributed by atoms with Crippen molar-refractivity contribution in [2.45, 2.75) is 0 Å². The summed E-state index contributed by atoms with van der Waals surface area (Å²) in [5.41, 5.74) is 0.823. The van der Waals surface area contributed by atoms with Gasteiger partial charge >= 0.3 is 11.7 Å². The van der Waals surface area contributed by atoms with Gasteiger partial charge in [-0.15, -0.1) is 0 Å². The summed E-state index contributed by atoms with van der Waals surface area (Å²) in [7, 11) is 1.53. The molecule has 0 saturated heterocycles. The predicted molar refractivity (Wildman–Crippen MR) is 54.6 cm³/mol. The summed E-state index contributed by atoms with van der Waals surface area (Å²) in [6.45, 7) is -0.460. The molecular formula is C10H9NO5. The highest BCUT2D eigenvalue weighted by Gasteiger charge is 2.11. The lowest BCUT2D eigenvalue weighted by molar-refractivity contribution is -0.139. The van der Waals surface area contributed by atoms with Gasteiger partial charge in [-0.05, 0) is 12.1 Å². The number of aliphatic carboxylic acids is 1. The number of carboxylic acids is 1. The third-order valence-corrected chi connectivity index (χ3v) is 2.12. The van der Waals surface area contributed by atoms with Gasteiger partial charge in [0.05, 0.1) is 0 Å². The maximum atomic E-state index is 11.3. The fraction of sp³-hybridized carbons (Fsp3) is 0.200. The van der Waals surface area contributed by atoms with Crippen LogP contribution in [0, 0.1) is 0 Å². The van der Waals surface area contributed by atoms with E-state index < -0.39 is 18.3 Å². The molecular weight excluding hydrogens is 214 g/mol. The number of benzene rings is 1. The number of hydrogen-bond donors (Lipinski definition) is 1. The Bertz CT molecular complexity index is 595. The van der Waals surface area contributed by atoms with Crippen molar-refractivity contribution in [2.24, 2.45) is 7.05 Å². The van der Waals surface area contributed by atoms with Gasteiger partial charge in [0.25, 0.3) is 0 Å². The van der Waals surface area contributed by atoms with Crippen molar-refractivity contribution in [2.75, 3.05) is 6.61 Å². The van der Waals surface area contributed by atoms with Gasteiger partial charge < -0.3 is 14.3 Å². The van der Waals surface area contributed by atoms with Crippen LogP contribution in [-0.2, 0) is 11.8 Å². The fourth-order valence-electron chi connectivity index (χ4n) is 1.42. The van der Waals surface area contributed by atoms with E-state index in [1.165, 1.54) is 11.6 Å². The van der Waals surface area contributed by atoms with Gasteiger partial charge in [-0.1, -0.05) is 6.07 Å². The van der Waals surface area contributed by atoms with E-state index in [1.807, 2.05) is 0 Å². The molecule has 0 aliphatic heterocycles. The predicted octanol–water partition coefficient (Wildman–Crippen LogP) is 0.595. The van der Waals surface area contributed by atoms with Gasteiger partial charge in [0.15, 0.2) is 12.2 Å². The van der Waals surface area contributed by atoms with Crippen LogP contribution in [0.25, 0.3) is 11.1 Å². The molecule has 0 atom stereocenters. The highest BCUT2D eigenvalue weighted by atomic mass is 16.5. The quantitative estimate of drug-likeness (QED) is 0.823. The number of fused-ring (bicyclic) bond motifs is 1. The van der Waals surface area contributed by atoms with Gasteiger partial charge in [-0.3, -0.25) is 4.57 Å². The Morgan fingerprint density at radius 1 is 1.56 bits per heavy atom. The minimum Gasteiger partial charge on any atom is -0.480 e. The Kier molecular flexibility index (Phi) is 2.40. The van der Waals surface area contributed by atoms with Crippen LogP contribution < -0.4 is 10.5 Å². The number of carbonyl (C=O) groups is 1. The Hall–Kier alpha value is -2.24. The number of hydrogen-bond acceptors (Lipinski definition) is 4. The van der Waals surface area contributed by atoms with E-state index in [2.05, 4.69) is 0 Å². The molecule has 0 aliphatic carbocycles. The van der Waals surface area contributed by atoms with Gasteiger partial charge in [-0.2, -0.15) is 0 Å². The van der Waals surface area contributed by atoms with E-state index in [0.717, 1.165) is 0 Å². The van der Waals surface area contributed by atoms with Gasteiger partial charge in [0.1, 0.15) is 11.3 Å². The number of oxazole rings is 1. The number of para-hydroxylation sites is 1. The first-order chi connectivity index (χ1) is 7.59. The molecule has 0 fully saturated rings. The van der Waals surface area contributed by atoms with E-state index in [9.17, 15) is 9.59 Å². The van der Waals surface area contributed by atoms with Crippen LogP contribution in [0.2, 0.25) is 0 Å². The Labute approximate surface area is 89.7 Å². The van der Waals surface area contributed by atoms with Crippen LogP contribution in [0.15, 0.2) is 27.4 Å². The lowest BCUT2D eigenvalue weighted by atomic mass is 10.3. The van der Waals surface area contributed by atoms with Crippen LogP contribution in [0.4, 0.5) is 0 Å². The zero-order valence-electron chi connectivity index (χ0n) is 8.47. The number of nitrogens with zero attached hydrogens (tertiary/aromatic N) is 1. The molecule has 0 aliphatic rings. The summed E-state index contributed by atoms with van der Waals surface area (Å²) in [4.78, 5) is 21.6. The molecule has 0 spiro atoms. The van der Waals surface area contributed by atoms with Crippen LogP contribution in [0.3, 0.4) is 0 Å². The molecule has 6 heteroatoms. The molecule has 2 aromatic rings. The average molecular weight is 223 g/mol. The summed E-state index contributed by atoms with van der Waals surface area (Å²) in [6, 6.07) is 4.83. The van der Waals surface area contributed by atoms with Gasteiger partial charge in [0.2, 0.25) is 0 Å². The molecule has 1 heterocycles. The lowest BCUT2D eigenvalue weighted by Gasteiger charge is -2.04. The topological polar surface area (TPSA) is 81.7 Å². The second-order valence-electron chi connectivity index (χ2n) is 3.21. The Balaban J connectivity index is 2.52. The SMILES string of the molecule is Cn1c(=O)oc2cccc(OCC(=O)O)c21. The molecule has 1 aromatic heterocycles. The third kappa shape index (κ3) is 1.65. The molecule has 0 saturated carbocycles. The second-order valence-corrected chi connectivity index (χ2v) is 3.21. The van der Waals surface area contributed by atoms with E-state index in [0.29, 0.717) is 16.8 Å². The van der Waals surface area contributed by atoms with Crippen molar-refractivity contribution in [3.63, 3.8) is 0 Å². The molecule has 84 valence electrons. The van der Waals surface area contributed by atoms with E-state index >= 15 is 0 Å². The molecule has 16 heavy (non-hydrogen) atoms. The number of ether oxygens (including phenoxy) is 1. The fourth-order valence-corrected chi connectivity index (χ4v) is 1.42. The van der Waals surface area contributed by atoms with Gasteiger partial charge in [0, 0.05) is 7.05 Å². The largest absolute Gasteiger partial charge is 0.480 e. The lowest BCUT2D eigenvalue weighted by Crippen LogP contribution is -2.12. The molecule has 0 radical (unpaired) electrons. The monoisotopic (exact) mass is 223 g/mol. The molecule has 1 aromatic carbocycles. The normalized spacial score (nSPS) is 10.6. The smallest absolute Gasteiger partial charge is 0.419 e. The van der Waals surface area contributed by atoms with Crippen molar-refractivity contribution in [1.82, 2.24) is 4.57 Å². The van der Waals surface area contributed by atoms with Gasteiger partial charge in [-0.25, -0.2) is 9.59 Å². The van der Waals surface area contributed by atoms with Crippen molar-refractivity contribution in [3.8, 4) is 5.75 Å². The summed E-state index contributed by atoms with van der Waals surface area (Å²) in [5.74, 6) is -1.28. The second kappa shape index (κ2) is 3.73. The van der Waals surface area contributed by atoms with Crippen LogP contribution in [0.1, 0.15) is 0 Å². The van der Waals surface area contributed by atoms with E-state index in [4.69, 9.17) is 14.3 Å². The third-order valence-electron chi connectivity index (χ3n) is 2.12. The van der Waals surface area contributed by atoms with Crippen molar-refractivity contribution in [3.05, 3.63) is 28.7 Å². The van der Waals surface area contributed by atoms with E-state index in [-0.39, 0.29) is 0 Å². The van der Waals surface area contributed by atoms with Crippen LogP contribution in [0.5, 0.6) is 5.75 Å². The number of rotatable bonds is 3. The van der Waals surface area contributed by atoms with Crippen molar-refractivity contribution in [1.29, 1.82) is 0 Å². The summed E-state index contributed by atoms with van der Waals surface area (Å²) < 4.78 is 11.3. The standard InChI is InChI=1S/C10H9NO5/c1-11-9-6(15-5-8(12)13)3-2-4-7(9)16-10(11)14/h2-4H,5H2,1H3,(H,12,13). The molecule has 1 N–H and O–H groups in total. The highest BCUT2D eigenvalue weighted by molar-refractivity contribution is 5.80. The molecule has 6 nitrogen and oxygen atoms in total. The number of carboxylic acid groups (broad SMARTS) is 1. The van der Waals surface area contributed by atoms with Crippen LogP contribution >= 0.6 is 0 Å². The minimum atomic E-state index is -1.08. The number of aromatic nitrogens is 1. The summed E-state index contributed by atoms with van der Waals surface area (Å²) in [6.07, 6.45) is 0. The van der Waals surface area contributed by atoms with E-state index in [1.54, 1.807) is 18.2 Å².